The maximum absolute atomic E-state index is 6.37. The summed E-state index contributed by atoms with van der Waals surface area (Å²) in [4.78, 5) is 6.37. The van der Waals surface area contributed by atoms with Crippen LogP contribution in [0, 0.1) is 18.8 Å². The van der Waals surface area contributed by atoms with Crippen molar-refractivity contribution in [2.45, 2.75) is 78.0 Å². The van der Waals surface area contributed by atoms with Gasteiger partial charge in [0.15, 0.2) is 0 Å². The maximum Gasteiger partial charge on any atom is 0.0888 e. The first kappa shape index (κ1) is 17.3. The molecule has 4 atom stereocenters. The van der Waals surface area contributed by atoms with E-state index in [-0.39, 0.29) is 5.60 Å². The van der Waals surface area contributed by atoms with E-state index in [0.717, 1.165) is 5.02 Å². The average Bonchev–Trinajstić information content (AvgIpc) is 2.74. The first-order chi connectivity index (χ1) is 10.7. The lowest BCUT2D eigenvalue weighted by Gasteiger charge is -2.41. The summed E-state index contributed by atoms with van der Waals surface area (Å²) in [6.07, 6.45) is 2.40. The van der Waals surface area contributed by atoms with Gasteiger partial charge >= 0.3 is 0 Å². The number of benzene rings is 1. The summed E-state index contributed by atoms with van der Waals surface area (Å²) in [7, 11) is 0. The summed E-state index contributed by atoms with van der Waals surface area (Å²) in [5.41, 5.74) is 2.60. The third-order valence-corrected chi connectivity index (χ3v) is 6.39. The van der Waals surface area contributed by atoms with Crippen molar-refractivity contribution >= 4 is 11.6 Å². The predicted molar refractivity (Wildman–Crippen MR) is 96.7 cm³/mol. The van der Waals surface area contributed by atoms with Gasteiger partial charge in [-0.2, -0.15) is 5.06 Å². The largest absolute Gasteiger partial charge is 0.292 e. The van der Waals surface area contributed by atoms with Crippen LogP contribution in [-0.4, -0.2) is 22.7 Å². The van der Waals surface area contributed by atoms with Gasteiger partial charge in [0, 0.05) is 23.0 Å². The van der Waals surface area contributed by atoms with Gasteiger partial charge in [0.2, 0.25) is 0 Å². The summed E-state index contributed by atoms with van der Waals surface area (Å²) < 4.78 is 0. The number of hydrogen-bond donors (Lipinski definition) is 0. The molecule has 2 fully saturated rings. The molecule has 1 aromatic rings. The lowest BCUT2D eigenvalue weighted by Crippen LogP contribution is -2.45. The van der Waals surface area contributed by atoms with Gasteiger partial charge in [0.05, 0.1) is 5.60 Å². The standard InChI is InChI=1S/C20H30ClNO/c1-12(2)22-19-13(3)10-15(11-17(19)20(5,6)23-22)16-8-7-9-18(21)14(16)4/h7-9,12-13,15,17,19H,10-11H2,1-6H3/t13-,15+,17+,19+/m0/s1. The minimum atomic E-state index is -0.0889. The van der Waals surface area contributed by atoms with Gasteiger partial charge in [-0.1, -0.05) is 30.7 Å². The molecule has 3 heteroatoms. The van der Waals surface area contributed by atoms with E-state index in [1.165, 1.54) is 24.0 Å². The second-order valence-corrected chi connectivity index (χ2v) is 8.75. The van der Waals surface area contributed by atoms with Crippen molar-refractivity contribution in [3.8, 4) is 0 Å². The summed E-state index contributed by atoms with van der Waals surface area (Å²) in [6, 6.07) is 7.32. The first-order valence-corrected chi connectivity index (χ1v) is 9.32. The van der Waals surface area contributed by atoms with Crippen molar-refractivity contribution in [3.63, 3.8) is 0 Å². The highest BCUT2D eigenvalue weighted by Crippen LogP contribution is 2.52. The number of hydroxylamine groups is 2. The lowest BCUT2D eigenvalue weighted by atomic mass is 9.65. The van der Waals surface area contributed by atoms with E-state index in [2.05, 4.69) is 58.7 Å². The Balaban J connectivity index is 1.92. The fourth-order valence-electron chi connectivity index (χ4n) is 4.82. The second-order valence-electron chi connectivity index (χ2n) is 8.35. The molecule has 0 spiro atoms. The smallest absolute Gasteiger partial charge is 0.0888 e. The molecule has 0 amide bonds. The zero-order chi connectivity index (χ0) is 16.9. The number of hydrogen-bond acceptors (Lipinski definition) is 2. The first-order valence-electron chi connectivity index (χ1n) is 8.95. The van der Waals surface area contributed by atoms with Crippen LogP contribution in [0.5, 0.6) is 0 Å². The zero-order valence-corrected chi connectivity index (χ0v) is 16.0. The Kier molecular flexibility index (Phi) is 4.54. The second kappa shape index (κ2) is 6.06. The van der Waals surface area contributed by atoms with Crippen LogP contribution in [0.2, 0.25) is 5.02 Å². The van der Waals surface area contributed by atoms with Crippen LogP contribution in [0.15, 0.2) is 18.2 Å². The molecular formula is C20H30ClNO. The van der Waals surface area contributed by atoms with Gasteiger partial charge in [-0.15, -0.1) is 0 Å². The Morgan fingerprint density at radius 1 is 1.26 bits per heavy atom. The molecule has 3 rings (SSSR count). The summed E-state index contributed by atoms with van der Waals surface area (Å²) >= 11 is 6.37. The van der Waals surface area contributed by atoms with Crippen molar-refractivity contribution in [1.82, 2.24) is 5.06 Å². The molecule has 0 bridgehead atoms. The van der Waals surface area contributed by atoms with Gasteiger partial charge in [-0.3, -0.25) is 4.84 Å². The van der Waals surface area contributed by atoms with Gasteiger partial charge in [-0.25, -0.2) is 0 Å². The fourth-order valence-corrected chi connectivity index (χ4v) is 5.00. The van der Waals surface area contributed by atoms with Gasteiger partial charge < -0.3 is 0 Å². The van der Waals surface area contributed by atoms with E-state index in [1.54, 1.807) is 0 Å². The van der Waals surface area contributed by atoms with Crippen LogP contribution in [0.3, 0.4) is 0 Å². The maximum atomic E-state index is 6.37. The molecule has 1 aromatic carbocycles. The molecule has 1 heterocycles. The number of halogens is 1. The Morgan fingerprint density at radius 2 is 1.96 bits per heavy atom. The third kappa shape index (κ3) is 2.94. The molecule has 1 aliphatic heterocycles. The monoisotopic (exact) mass is 335 g/mol. The number of fused-ring (bicyclic) bond motifs is 1. The molecule has 0 radical (unpaired) electrons. The summed E-state index contributed by atoms with van der Waals surface area (Å²) in [5, 5.41) is 3.17. The zero-order valence-electron chi connectivity index (χ0n) is 15.3. The average molecular weight is 336 g/mol. The predicted octanol–water partition coefficient (Wildman–Crippen LogP) is 5.58. The van der Waals surface area contributed by atoms with Gasteiger partial charge in [0.25, 0.3) is 0 Å². The van der Waals surface area contributed by atoms with Crippen molar-refractivity contribution in [2.24, 2.45) is 11.8 Å². The summed E-state index contributed by atoms with van der Waals surface area (Å²) in [5.74, 6) is 1.78. The Morgan fingerprint density at radius 3 is 2.61 bits per heavy atom. The number of nitrogens with zero attached hydrogens (tertiary/aromatic N) is 1. The normalized spacial score (nSPS) is 33.9. The highest BCUT2D eigenvalue weighted by Gasteiger charge is 2.54. The topological polar surface area (TPSA) is 12.5 Å². The molecule has 1 saturated heterocycles. The lowest BCUT2D eigenvalue weighted by molar-refractivity contribution is -0.215. The molecule has 0 aromatic heterocycles. The van der Waals surface area contributed by atoms with Crippen molar-refractivity contribution in [1.29, 1.82) is 0 Å². The van der Waals surface area contributed by atoms with E-state index in [1.807, 2.05) is 6.07 Å². The SMILES string of the molecule is Cc1c(Cl)cccc1[C@H]1C[C@@H]2[C@@H]([C@@H](C)C1)N(C(C)C)OC2(C)C. The van der Waals surface area contributed by atoms with Gasteiger partial charge in [0.1, 0.15) is 0 Å². The van der Waals surface area contributed by atoms with Crippen molar-refractivity contribution < 1.29 is 4.84 Å². The van der Waals surface area contributed by atoms with E-state index in [9.17, 15) is 0 Å². The van der Waals surface area contributed by atoms with Crippen LogP contribution < -0.4 is 0 Å². The molecule has 2 nitrogen and oxygen atoms in total. The minimum absolute atomic E-state index is 0.0889. The molecule has 0 N–H and O–H groups in total. The van der Waals surface area contributed by atoms with Crippen molar-refractivity contribution in [2.75, 3.05) is 0 Å². The number of rotatable bonds is 2. The molecule has 128 valence electrons. The molecule has 1 saturated carbocycles. The highest BCUT2D eigenvalue weighted by atomic mass is 35.5. The summed E-state index contributed by atoms with van der Waals surface area (Å²) in [6.45, 7) is 13.5. The minimum Gasteiger partial charge on any atom is -0.292 e. The molecular weight excluding hydrogens is 306 g/mol. The van der Waals surface area contributed by atoms with E-state index < -0.39 is 0 Å². The molecule has 23 heavy (non-hydrogen) atoms. The van der Waals surface area contributed by atoms with E-state index in [0.29, 0.717) is 29.8 Å². The quantitative estimate of drug-likeness (QED) is 0.699. The van der Waals surface area contributed by atoms with E-state index in [4.69, 9.17) is 16.4 Å². The third-order valence-electron chi connectivity index (χ3n) is 5.98. The highest BCUT2D eigenvalue weighted by molar-refractivity contribution is 6.31. The molecule has 2 aliphatic rings. The van der Waals surface area contributed by atoms with Crippen LogP contribution in [0.25, 0.3) is 0 Å². The van der Waals surface area contributed by atoms with E-state index >= 15 is 0 Å². The Labute approximate surface area is 146 Å². The molecule has 1 aliphatic carbocycles. The van der Waals surface area contributed by atoms with Crippen LogP contribution in [-0.2, 0) is 4.84 Å². The van der Waals surface area contributed by atoms with Crippen LogP contribution >= 0.6 is 11.6 Å². The molecule has 0 unspecified atom stereocenters. The van der Waals surface area contributed by atoms with Crippen LogP contribution in [0.4, 0.5) is 0 Å². The fraction of sp³-hybridized carbons (Fsp3) is 0.700. The Bertz CT molecular complexity index is 583. The van der Waals surface area contributed by atoms with Crippen LogP contribution in [0.1, 0.15) is 64.5 Å². The van der Waals surface area contributed by atoms with Gasteiger partial charge in [-0.05, 0) is 76.5 Å². The van der Waals surface area contributed by atoms with Crippen molar-refractivity contribution in [3.05, 3.63) is 34.3 Å². The Hall–Kier alpha value is -0.570.